The fourth-order valence-corrected chi connectivity index (χ4v) is 8.43. The van der Waals surface area contributed by atoms with E-state index in [2.05, 4.69) is 0 Å². The van der Waals surface area contributed by atoms with E-state index < -0.39 is 29.3 Å². The first kappa shape index (κ1) is 20.9. The van der Waals surface area contributed by atoms with Crippen molar-refractivity contribution in [3.05, 3.63) is 35.4 Å². The quantitative estimate of drug-likeness (QED) is 0.468. The van der Waals surface area contributed by atoms with Gasteiger partial charge in [0.05, 0.1) is 33.9 Å². The number of aliphatic hydroxyl groups is 4. The molecule has 2 aromatic rings. The molecule has 8 atom stereocenters. The summed E-state index contributed by atoms with van der Waals surface area (Å²) in [6.07, 6.45) is 0.792. The Bertz CT molecular complexity index is 1120. The molecule has 1 aromatic carbocycles. The van der Waals surface area contributed by atoms with Gasteiger partial charge in [0.25, 0.3) is 0 Å². The van der Waals surface area contributed by atoms with E-state index in [-0.39, 0.29) is 34.9 Å². The van der Waals surface area contributed by atoms with Gasteiger partial charge in [0.15, 0.2) is 0 Å². The van der Waals surface area contributed by atoms with Crippen molar-refractivity contribution in [3.63, 3.8) is 0 Å². The zero-order valence-corrected chi connectivity index (χ0v) is 18.7. The summed E-state index contributed by atoms with van der Waals surface area (Å²) in [6.45, 7) is 6.08. The minimum atomic E-state index is -2.42. The van der Waals surface area contributed by atoms with Crippen molar-refractivity contribution in [1.29, 1.82) is 0 Å². The SMILES string of the molecule is C[C@@H]1[C@H]2CCC3C4C([C@H](O)C(O)(O)[C@]31c1nc3ccc(F)cc3nc12)C(C)(C)CC[C@@H]4O. The molecule has 0 amide bonds. The van der Waals surface area contributed by atoms with Crippen LogP contribution >= 0.6 is 0 Å². The van der Waals surface area contributed by atoms with Crippen LogP contribution in [0, 0.1) is 34.9 Å². The summed E-state index contributed by atoms with van der Waals surface area (Å²) in [5.74, 6) is -4.05. The van der Waals surface area contributed by atoms with Gasteiger partial charge in [-0.3, -0.25) is 0 Å². The molecule has 6 nitrogen and oxygen atoms in total. The third-order valence-corrected chi connectivity index (χ3v) is 9.76. The first-order chi connectivity index (χ1) is 15.0. The fourth-order valence-electron chi connectivity index (χ4n) is 8.43. The van der Waals surface area contributed by atoms with Crippen LogP contribution in [-0.2, 0) is 5.41 Å². The number of benzene rings is 1. The Balaban J connectivity index is 1.64. The molecule has 1 spiro atoms. The maximum absolute atomic E-state index is 13.9. The number of aromatic nitrogens is 2. The Hall–Kier alpha value is -1.67. The normalized spacial score (nSPS) is 43.4. The third-order valence-electron chi connectivity index (χ3n) is 9.76. The van der Waals surface area contributed by atoms with Gasteiger partial charge in [-0.1, -0.05) is 20.8 Å². The highest BCUT2D eigenvalue weighted by Gasteiger charge is 2.77. The molecule has 3 saturated carbocycles. The first-order valence-electron chi connectivity index (χ1n) is 11.8. The van der Waals surface area contributed by atoms with Crippen LogP contribution in [0.2, 0.25) is 0 Å². The molecule has 7 heteroatoms. The third kappa shape index (κ3) is 2.23. The Morgan fingerprint density at radius 3 is 2.53 bits per heavy atom. The van der Waals surface area contributed by atoms with Crippen molar-refractivity contribution in [2.45, 2.75) is 75.8 Å². The fraction of sp³-hybridized carbons (Fsp3) is 0.680. The minimum absolute atomic E-state index is 0.0578. The summed E-state index contributed by atoms with van der Waals surface area (Å²) < 4.78 is 13.9. The number of aliphatic hydroxyl groups excluding tert-OH is 2. The van der Waals surface area contributed by atoms with Gasteiger partial charge in [-0.2, -0.15) is 0 Å². The summed E-state index contributed by atoms with van der Waals surface area (Å²) in [5, 5.41) is 46.3. The van der Waals surface area contributed by atoms with E-state index in [0.717, 1.165) is 6.42 Å². The van der Waals surface area contributed by atoms with E-state index >= 15 is 0 Å². The van der Waals surface area contributed by atoms with Crippen molar-refractivity contribution in [2.24, 2.45) is 29.1 Å². The van der Waals surface area contributed by atoms with Crippen LogP contribution in [-0.4, -0.2) is 48.4 Å². The minimum Gasteiger partial charge on any atom is -0.393 e. The van der Waals surface area contributed by atoms with Gasteiger partial charge in [-0.05, 0) is 61.0 Å². The van der Waals surface area contributed by atoms with E-state index in [1.807, 2.05) is 20.8 Å². The smallest absolute Gasteiger partial charge is 0.201 e. The van der Waals surface area contributed by atoms with E-state index in [1.54, 1.807) is 6.07 Å². The highest BCUT2D eigenvalue weighted by atomic mass is 19.1. The average Bonchev–Trinajstić information content (AvgIpc) is 2.86. The van der Waals surface area contributed by atoms with Crippen LogP contribution in [0.15, 0.2) is 18.2 Å². The first-order valence-corrected chi connectivity index (χ1v) is 11.8. The molecule has 1 heterocycles. The Labute approximate surface area is 186 Å². The number of nitrogens with zero attached hydrogens (tertiary/aromatic N) is 2. The largest absolute Gasteiger partial charge is 0.393 e. The highest BCUT2D eigenvalue weighted by molar-refractivity contribution is 5.75. The van der Waals surface area contributed by atoms with E-state index in [4.69, 9.17) is 9.97 Å². The lowest BCUT2D eigenvalue weighted by atomic mass is 9.41. The molecule has 3 unspecified atom stereocenters. The molecule has 0 saturated heterocycles. The van der Waals surface area contributed by atoms with Gasteiger partial charge >= 0.3 is 0 Å². The highest BCUT2D eigenvalue weighted by Crippen LogP contribution is 2.71. The lowest BCUT2D eigenvalue weighted by Gasteiger charge is -2.66. The van der Waals surface area contributed by atoms with E-state index in [0.29, 0.717) is 41.7 Å². The van der Waals surface area contributed by atoms with Crippen LogP contribution < -0.4 is 0 Å². The predicted octanol–water partition coefficient (Wildman–Crippen LogP) is 2.62. The molecule has 1 aromatic heterocycles. The standard InChI is InChI=1S/C25H31FN2O4/c1-11-13-5-6-14-18-17(29)8-9-23(2,3)19(18)22(30)25(31,32)24(11,14)21-20(13)27-16-10-12(26)4-7-15(16)28-21/h4,7,10-11,13-14,17-19,22,29-32H,5-6,8-9H2,1-3H3/t11-,13-,14?,17+,18?,19?,22+,24+/m1/s1. The van der Waals surface area contributed by atoms with Gasteiger partial charge < -0.3 is 20.4 Å². The zero-order chi connectivity index (χ0) is 22.8. The van der Waals surface area contributed by atoms with Crippen molar-refractivity contribution < 1.29 is 24.8 Å². The Kier molecular flexibility index (Phi) is 4.09. The number of fused-ring (bicyclic) bond motifs is 6. The van der Waals surface area contributed by atoms with Gasteiger partial charge in [-0.25, -0.2) is 14.4 Å². The van der Waals surface area contributed by atoms with E-state index in [9.17, 15) is 24.8 Å². The molecular weight excluding hydrogens is 411 g/mol. The van der Waals surface area contributed by atoms with Crippen LogP contribution in [0.4, 0.5) is 4.39 Å². The number of halogens is 1. The molecule has 4 aliphatic rings. The maximum atomic E-state index is 13.9. The topological polar surface area (TPSA) is 107 Å². The maximum Gasteiger partial charge on any atom is 0.201 e. The summed E-state index contributed by atoms with van der Waals surface area (Å²) in [5.41, 5.74) is 0.558. The monoisotopic (exact) mass is 442 g/mol. The summed E-state index contributed by atoms with van der Waals surface area (Å²) >= 11 is 0. The molecule has 0 radical (unpaired) electrons. The van der Waals surface area contributed by atoms with Gasteiger partial charge in [-0.15, -0.1) is 0 Å². The molecule has 4 aliphatic carbocycles. The Morgan fingerprint density at radius 2 is 1.78 bits per heavy atom. The second kappa shape index (κ2) is 6.26. The zero-order valence-electron chi connectivity index (χ0n) is 18.7. The lowest BCUT2D eigenvalue weighted by molar-refractivity contribution is -0.354. The molecule has 3 fully saturated rings. The summed E-state index contributed by atoms with van der Waals surface area (Å²) in [6, 6.07) is 4.25. The van der Waals surface area contributed by atoms with Crippen molar-refractivity contribution >= 4 is 11.0 Å². The lowest BCUT2D eigenvalue weighted by Crippen LogP contribution is -2.76. The number of rotatable bonds is 0. The van der Waals surface area contributed by atoms with Crippen molar-refractivity contribution in [3.8, 4) is 0 Å². The molecular formula is C25H31FN2O4. The summed E-state index contributed by atoms with van der Waals surface area (Å²) in [7, 11) is 0. The average molecular weight is 443 g/mol. The molecule has 6 rings (SSSR count). The van der Waals surface area contributed by atoms with Crippen molar-refractivity contribution in [1.82, 2.24) is 9.97 Å². The molecule has 32 heavy (non-hydrogen) atoms. The number of hydrogen-bond acceptors (Lipinski definition) is 6. The number of hydrogen-bond donors (Lipinski definition) is 4. The second-order valence-corrected chi connectivity index (χ2v) is 11.4. The predicted molar refractivity (Wildman–Crippen MR) is 115 cm³/mol. The summed E-state index contributed by atoms with van der Waals surface area (Å²) in [4.78, 5) is 9.62. The second-order valence-electron chi connectivity index (χ2n) is 11.4. The van der Waals surface area contributed by atoms with Crippen LogP contribution in [0.1, 0.15) is 63.8 Å². The Morgan fingerprint density at radius 1 is 1.03 bits per heavy atom. The van der Waals surface area contributed by atoms with Crippen molar-refractivity contribution in [2.75, 3.05) is 0 Å². The van der Waals surface area contributed by atoms with E-state index in [1.165, 1.54) is 12.1 Å². The van der Waals surface area contributed by atoms with Gasteiger partial charge in [0.2, 0.25) is 5.79 Å². The van der Waals surface area contributed by atoms with Gasteiger partial charge in [0, 0.05) is 17.9 Å². The molecule has 2 bridgehead atoms. The van der Waals surface area contributed by atoms with Crippen LogP contribution in [0.5, 0.6) is 0 Å². The molecule has 172 valence electrons. The molecule has 4 N–H and O–H groups in total. The van der Waals surface area contributed by atoms with Crippen LogP contribution in [0.25, 0.3) is 11.0 Å². The molecule has 0 aliphatic heterocycles. The van der Waals surface area contributed by atoms with Gasteiger partial charge in [0.1, 0.15) is 11.9 Å². The van der Waals surface area contributed by atoms with Crippen LogP contribution in [0.3, 0.4) is 0 Å².